The minimum Gasteiger partial charge on any atom is -0.494 e. The van der Waals surface area contributed by atoms with Crippen LogP contribution in [0.1, 0.15) is 315 Å². The van der Waals surface area contributed by atoms with E-state index in [0.29, 0.717) is 68.6 Å². The van der Waals surface area contributed by atoms with Crippen LogP contribution >= 0.6 is 0 Å². The van der Waals surface area contributed by atoms with E-state index in [-0.39, 0.29) is 13.2 Å². The summed E-state index contributed by atoms with van der Waals surface area (Å²) in [7, 11) is -27.4. The van der Waals surface area contributed by atoms with E-state index in [1.165, 1.54) is 152 Å². The monoisotopic (exact) mass is 2170 g/mol. The molecule has 0 aromatic heterocycles. The summed E-state index contributed by atoms with van der Waals surface area (Å²) in [5, 5.41) is 3.01. The predicted molar refractivity (Wildman–Crippen MR) is 614 cm³/mol. The number of ether oxygens (including phenoxy) is 10. The zero-order valence-electron chi connectivity index (χ0n) is 92.3. The van der Waals surface area contributed by atoms with Gasteiger partial charge in [0.05, 0.1) is 59.5 Å². The summed E-state index contributed by atoms with van der Waals surface area (Å²) in [5.41, 5.74) is 8.11. The van der Waals surface area contributed by atoms with Crippen LogP contribution < -0.4 is 47.9 Å². The molecule has 3 heterocycles. The number of unbranched alkanes of at least 4 members (excludes halogenated alkanes) is 39. The standard InChI is InChI=1S/C115H187NO21Si9/c1-15-18-21-24-27-33-42-51-85-118-106-72-60-100(61-73-106)103-66-78-109(79-67-103)121-88-54-45-36-30-39-48-57-91-124-112-95-99(97-127-115(117)116-84-94-138-128-146-134-142(10,11)130-140(6,7)132-144(13,136-146)98-143(12)131-139(4,5)129-141(8,9)133-145(14,135-143)137-146)96-113(125-92-58-49-40-31-37-46-55-89-122-110-80-68-104(69-81-110)101-62-74-107(75-63-101)119-86-52-43-34-28-25-22-19-16-2)114(112)126-93-59-50-41-32-38-47-56-90-123-111-82-70-105(71-83-111)102-64-76-108(77-65-102)120-87-53-44-35-29-26-23-20-17-3/h60-83,95-96H,15-59,84-94,97-98,138H2,1-14H3,(H,116,117). The van der Waals surface area contributed by atoms with Crippen molar-refractivity contribution in [3.05, 3.63) is 163 Å². The van der Waals surface area contributed by atoms with Crippen LogP contribution in [0.15, 0.2) is 158 Å². The van der Waals surface area contributed by atoms with E-state index in [4.69, 9.17) is 88.5 Å². The molecule has 3 aliphatic rings. The minimum absolute atomic E-state index is 0.0332. The third-order valence-electron chi connectivity index (χ3n) is 26.6. The Labute approximate surface area is 891 Å². The lowest BCUT2D eigenvalue weighted by Crippen LogP contribution is -2.78. The molecule has 31 heteroatoms. The highest BCUT2D eigenvalue weighted by molar-refractivity contribution is 7.02. The van der Waals surface area contributed by atoms with Gasteiger partial charge in [0, 0.05) is 18.8 Å². The molecule has 1 N–H and O–H groups in total. The lowest BCUT2D eigenvalue weighted by atomic mass is 10.1. The molecule has 4 unspecified atom stereocenters. The van der Waals surface area contributed by atoms with Crippen LogP contribution in [0, 0.1) is 0 Å². The van der Waals surface area contributed by atoms with Crippen LogP contribution in [0.2, 0.25) is 83.7 Å². The Balaban J connectivity index is 0.717. The average Bonchev–Trinajstić information content (AvgIpc) is 0.726. The van der Waals surface area contributed by atoms with E-state index in [2.05, 4.69) is 172 Å². The Hall–Kier alpha value is -6.44. The Morgan fingerprint density at radius 2 is 0.521 bits per heavy atom. The van der Waals surface area contributed by atoms with Gasteiger partial charge in [-0.25, -0.2) is 4.79 Å². The molecule has 10 rings (SSSR count). The number of carbonyl (C=O) groups is 1. The van der Waals surface area contributed by atoms with Gasteiger partial charge in [0.2, 0.25) is 5.75 Å². The lowest BCUT2D eigenvalue weighted by Gasteiger charge is -2.55. The Kier molecular flexibility index (Phi) is 55.3. The molecule has 4 atom stereocenters. The zero-order valence-corrected chi connectivity index (χ0v) is 102. The van der Waals surface area contributed by atoms with Gasteiger partial charge in [-0.05, 0) is 253 Å². The molecule has 7 aromatic rings. The molecule has 0 radical (unpaired) electrons. The smallest absolute Gasteiger partial charge is 0.494 e. The van der Waals surface area contributed by atoms with E-state index in [0.717, 1.165) is 231 Å². The second kappa shape index (κ2) is 66.5. The quantitative estimate of drug-likeness (QED) is 0.0277. The molecule has 3 fully saturated rings. The highest BCUT2D eigenvalue weighted by atomic mass is 28.6. The van der Waals surface area contributed by atoms with Crippen molar-refractivity contribution in [2.24, 2.45) is 0 Å². The van der Waals surface area contributed by atoms with Crippen molar-refractivity contribution in [2.75, 3.05) is 66.0 Å². The van der Waals surface area contributed by atoms with Crippen molar-refractivity contribution in [1.29, 1.82) is 0 Å². The molecule has 3 saturated heterocycles. The van der Waals surface area contributed by atoms with Crippen molar-refractivity contribution >= 4 is 85.1 Å². The lowest BCUT2D eigenvalue weighted by molar-refractivity contribution is 0.0689. The first-order chi connectivity index (χ1) is 70.6. The second-order valence-electron chi connectivity index (χ2n) is 42.6. The van der Waals surface area contributed by atoms with E-state index in [1.807, 2.05) is 84.1 Å². The molecular formula is C115H187NO21Si9. The Morgan fingerprint density at radius 3 is 0.808 bits per heavy atom. The molecule has 0 saturated carbocycles. The summed E-state index contributed by atoms with van der Waals surface area (Å²) in [4.78, 5) is 14.0. The topological polar surface area (TPSA) is 214 Å². The van der Waals surface area contributed by atoms with Crippen LogP contribution in [0.4, 0.5) is 4.79 Å². The zero-order chi connectivity index (χ0) is 104. The molecule has 1 amide bonds. The number of nitrogens with one attached hydrogen (secondary N) is 1. The second-order valence-corrected chi connectivity index (χ2v) is 72.1. The summed E-state index contributed by atoms with van der Waals surface area (Å²) in [5.74, 6) is 7.23. The minimum atomic E-state index is -4.17. The number of hydrogen-bond donors (Lipinski definition) is 1. The van der Waals surface area contributed by atoms with Crippen LogP contribution in [0.5, 0.6) is 51.7 Å². The van der Waals surface area contributed by atoms with Gasteiger partial charge in [-0.2, -0.15) is 0 Å². The molecule has 3 aliphatic heterocycles. The van der Waals surface area contributed by atoms with Crippen molar-refractivity contribution in [2.45, 2.75) is 400 Å². The number of hydrogen-bond acceptors (Lipinski definition) is 21. The number of amides is 1. The van der Waals surface area contributed by atoms with Gasteiger partial charge in [0.1, 0.15) is 41.1 Å². The number of benzene rings is 7. The molecular weight excluding hydrogens is 1980 g/mol. The van der Waals surface area contributed by atoms with Crippen LogP contribution in [-0.2, 0) is 52.5 Å². The maximum Gasteiger partial charge on any atom is 0.642 e. The number of carbonyl (C=O) groups excluding carboxylic acids is 1. The predicted octanol–water partition coefficient (Wildman–Crippen LogP) is 32.2. The summed E-state index contributed by atoms with van der Waals surface area (Å²) >= 11 is 0. The van der Waals surface area contributed by atoms with E-state index in [9.17, 15) is 4.79 Å². The first kappa shape index (κ1) is 121. The van der Waals surface area contributed by atoms with Gasteiger partial charge in [0.25, 0.3) is 0 Å². The largest absolute Gasteiger partial charge is 0.642 e. The van der Waals surface area contributed by atoms with Crippen molar-refractivity contribution in [3.63, 3.8) is 0 Å². The van der Waals surface area contributed by atoms with Crippen molar-refractivity contribution in [3.8, 4) is 85.1 Å². The fraction of sp³-hybridized carbons (Fsp3) is 0.626. The summed E-state index contributed by atoms with van der Waals surface area (Å²) < 4.78 is 134. The maximum atomic E-state index is 14.0. The van der Waals surface area contributed by atoms with Crippen LogP contribution in [-0.4, -0.2) is 151 Å². The van der Waals surface area contributed by atoms with Gasteiger partial charge in [0.15, 0.2) is 21.3 Å². The van der Waals surface area contributed by atoms with Crippen molar-refractivity contribution in [1.82, 2.24) is 5.32 Å². The van der Waals surface area contributed by atoms with E-state index >= 15 is 0 Å². The van der Waals surface area contributed by atoms with E-state index in [1.54, 1.807) is 0 Å². The normalized spacial score (nSPS) is 18.9. The number of fused-ring (bicyclic) bond motifs is 4. The summed E-state index contributed by atoms with van der Waals surface area (Å²) in [6.07, 6.45) is 52.5. The van der Waals surface area contributed by atoms with Crippen LogP contribution in [0.3, 0.4) is 0 Å². The maximum absolute atomic E-state index is 14.0. The highest BCUT2D eigenvalue weighted by Gasteiger charge is 2.70. The fourth-order valence-electron chi connectivity index (χ4n) is 19.8. The van der Waals surface area contributed by atoms with Gasteiger partial charge < -0.3 is 93.8 Å². The molecule has 7 aromatic carbocycles. The Bertz CT molecular complexity index is 4530. The van der Waals surface area contributed by atoms with Crippen molar-refractivity contribution < 1.29 is 93.3 Å². The average molecular weight is 2170 g/mol. The van der Waals surface area contributed by atoms with E-state index < -0.39 is 85.1 Å². The molecule has 4 bridgehead atoms. The van der Waals surface area contributed by atoms with Crippen LogP contribution in [0.25, 0.3) is 33.4 Å². The van der Waals surface area contributed by atoms with Gasteiger partial charge in [-0.3, -0.25) is 0 Å². The first-order valence-electron chi connectivity index (χ1n) is 56.9. The van der Waals surface area contributed by atoms with Gasteiger partial charge in [-0.15, -0.1) is 0 Å². The first-order valence-corrected chi connectivity index (χ1v) is 78.7. The summed E-state index contributed by atoms with van der Waals surface area (Å²) in [6.45, 7) is 34.9. The molecule has 0 spiro atoms. The molecule has 0 aliphatic carbocycles. The molecule has 22 nitrogen and oxygen atoms in total. The van der Waals surface area contributed by atoms with Gasteiger partial charge in [-0.1, -0.05) is 325 Å². The third kappa shape index (κ3) is 48.3. The number of alkyl carbamates (subject to hydrolysis) is 1. The fourth-order valence-corrected chi connectivity index (χ4v) is 69.7. The number of rotatable bonds is 76. The van der Waals surface area contributed by atoms with Gasteiger partial charge >= 0.3 is 75.3 Å². The Morgan fingerprint density at radius 1 is 0.274 bits per heavy atom. The SMILES string of the molecule is CCCCCCCCCCOc1ccc(-c2ccc(OCCCCCCCCCOc3cc(COC(=O)NCC[SiH2]O[Si]45O[Si](C)(C)O[Si](C)(C)O[Si](C)(C[Si]6(C)O[Si](C)(C)O[Si](C)(C)O[Si](C)(O6)O4)O5)cc(OCCCCCCCCCOc4ccc(-c5ccc(OCCCCCCCCCC)cc5)cc4)c3OCCCCCCCCCOc3ccc(-c4ccc(OCCCCCCCCCC)cc4)cc3)cc2)cc1. The highest BCUT2D eigenvalue weighted by Crippen LogP contribution is 2.46. The summed E-state index contributed by atoms with van der Waals surface area (Å²) in [6, 6.07) is 55.2. The molecule has 146 heavy (non-hydrogen) atoms. The molecule has 814 valence electrons. The third-order valence-corrected chi connectivity index (χ3v) is 64.7.